The number of hydrogen-bond acceptors (Lipinski definition) is 2. The van der Waals surface area contributed by atoms with Crippen molar-refractivity contribution in [3.63, 3.8) is 0 Å². The van der Waals surface area contributed by atoms with Gasteiger partial charge in [-0.15, -0.1) is 0 Å². The van der Waals surface area contributed by atoms with Crippen LogP contribution in [0.5, 0.6) is 0 Å². The molecule has 0 saturated heterocycles. The van der Waals surface area contributed by atoms with Gasteiger partial charge >= 0.3 is 0 Å². The van der Waals surface area contributed by atoms with Crippen molar-refractivity contribution in [2.24, 2.45) is 5.92 Å². The maximum absolute atomic E-state index is 9.11. The minimum absolute atomic E-state index is 0.101. The summed E-state index contributed by atoms with van der Waals surface area (Å²) < 4.78 is 2.12. The van der Waals surface area contributed by atoms with Gasteiger partial charge in [0.25, 0.3) is 0 Å². The standard InChI is InChI=1S/C14H18N2O/c17-10-12-5-6-14-13(7-12)8-15-16(14)9-11-3-1-2-4-11/h5-8,11,17H,1-4,9-10H2. The average Bonchev–Trinajstić information content (AvgIpc) is 2.99. The summed E-state index contributed by atoms with van der Waals surface area (Å²) in [4.78, 5) is 0. The van der Waals surface area contributed by atoms with Crippen LogP contribution >= 0.6 is 0 Å². The van der Waals surface area contributed by atoms with Gasteiger partial charge in [-0.05, 0) is 36.5 Å². The Balaban J connectivity index is 1.89. The quantitative estimate of drug-likeness (QED) is 0.880. The number of nitrogens with zero attached hydrogens (tertiary/aromatic N) is 2. The van der Waals surface area contributed by atoms with E-state index in [1.807, 2.05) is 18.3 Å². The third kappa shape index (κ3) is 2.07. The van der Waals surface area contributed by atoms with Gasteiger partial charge in [-0.2, -0.15) is 5.10 Å². The average molecular weight is 230 g/mol. The summed E-state index contributed by atoms with van der Waals surface area (Å²) in [6, 6.07) is 6.07. The van der Waals surface area contributed by atoms with Crippen molar-refractivity contribution < 1.29 is 5.11 Å². The number of rotatable bonds is 3. The molecule has 1 saturated carbocycles. The van der Waals surface area contributed by atoms with Crippen LogP contribution in [0.3, 0.4) is 0 Å². The summed E-state index contributed by atoms with van der Waals surface area (Å²) in [6.07, 6.45) is 7.34. The summed E-state index contributed by atoms with van der Waals surface area (Å²) in [7, 11) is 0. The zero-order valence-corrected chi connectivity index (χ0v) is 9.97. The van der Waals surface area contributed by atoms with Crippen LogP contribution in [0.2, 0.25) is 0 Å². The topological polar surface area (TPSA) is 38.1 Å². The lowest BCUT2D eigenvalue weighted by Gasteiger charge is -2.10. The first kappa shape index (κ1) is 10.8. The highest BCUT2D eigenvalue weighted by atomic mass is 16.3. The van der Waals surface area contributed by atoms with Crippen molar-refractivity contribution in [2.45, 2.75) is 38.8 Å². The van der Waals surface area contributed by atoms with Gasteiger partial charge in [-0.3, -0.25) is 4.68 Å². The van der Waals surface area contributed by atoms with Crippen molar-refractivity contribution in [3.8, 4) is 0 Å². The summed E-state index contributed by atoms with van der Waals surface area (Å²) in [6.45, 7) is 1.14. The van der Waals surface area contributed by atoms with E-state index in [0.717, 1.165) is 23.4 Å². The first-order valence-corrected chi connectivity index (χ1v) is 6.42. The van der Waals surface area contributed by atoms with E-state index >= 15 is 0 Å². The summed E-state index contributed by atoms with van der Waals surface area (Å²) in [5.74, 6) is 0.801. The van der Waals surface area contributed by atoms with Crippen molar-refractivity contribution in [1.29, 1.82) is 0 Å². The fraction of sp³-hybridized carbons (Fsp3) is 0.500. The fourth-order valence-corrected chi connectivity index (χ4v) is 2.82. The molecule has 1 aliphatic carbocycles. The van der Waals surface area contributed by atoms with Crippen LogP contribution in [0.25, 0.3) is 10.9 Å². The lowest BCUT2D eigenvalue weighted by atomic mass is 10.1. The van der Waals surface area contributed by atoms with Gasteiger partial charge in [0.2, 0.25) is 0 Å². The van der Waals surface area contributed by atoms with Crippen LogP contribution in [-0.4, -0.2) is 14.9 Å². The molecule has 0 radical (unpaired) electrons. The molecule has 1 heterocycles. The lowest BCUT2D eigenvalue weighted by Crippen LogP contribution is -2.08. The summed E-state index contributed by atoms with van der Waals surface area (Å²) in [5.41, 5.74) is 2.15. The van der Waals surface area contributed by atoms with Gasteiger partial charge in [0.05, 0.1) is 18.3 Å². The van der Waals surface area contributed by atoms with E-state index in [9.17, 15) is 0 Å². The summed E-state index contributed by atoms with van der Waals surface area (Å²) >= 11 is 0. The highest BCUT2D eigenvalue weighted by Gasteiger charge is 2.16. The van der Waals surface area contributed by atoms with Crippen molar-refractivity contribution in [2.75, 3.05) is 0 Å². The van der Waals surface area contributed by atoms with Gasteiger partial charge in [-0.25, -0.2) is 0 Å². The number of aromatic nitrogens is 2. The van der Waals surface area contributed by atoms with Gasteiger partial charge in [0, 0.05) is 11.9 Å². The molecular formula is C14H18N2O. The Bertz CT molecular complexity index is 512. The Hall–Kier alpha value is -1.35. The monoisotopic (exact) mass is 230 g/mol. The molecule has 17 heavy (non-hydrogen) atoms. The normalized spacial score (nSPS) is 17.0. The molecule has 1 N–H and O–H groups in total. The van der Waals surface area contributed by atoms with Crippen molar-refractivity contribution in [1.82, 2.24) is 9.78 Å². The number of fused-ring (bicyclic) bond motifs is 1. The molecule has 3 rings (SSSR count). The second-order valence-electron chi connectivity index (χ2n) is 5.03. The highest BCUT2D eigenvalue weighted by Crippen LogP contribution is 2.27. The molecular weight excluding hydrogens is 212 g/mol. The van der Waals surface area contributed by atoms with Crippen LogP contribution in [0.1, 0.15) is 31.2 Å². The van der Waals surface area contributed by atoms with E-state index in [-0.39, 0.29) is 6.61 Å². The highest BCUT2D eigenvalue weighted by molar-refractivity contribution is 5.79. The van der Waals surface area contributed by atoms with Crippen LogP contribution < -0.4 is 0 Å². The van der Waals surface area contributed by atoms with E-state index in [1.54, 1.807) is 0 Å². The van der Waals surface area contributed by atoms with E-state index in [4.69, 9.17) is 5.11 Å². The number of hydrogen-bond donors (Lipinski definition) is 1. The second-order valence-corrected chi connectivity index (χ2v) is 5.03. The molecule has 0 amide bonds. The molecule has 1 aromatic heterocycles. The minimum atomic E-state index is 0.101. The largest absolute Gasteiger partial charge is 0.392 e. The van der Waals surface area contributed by atoms with Crippen molar-refractivity contribution >= 4 is 10.9 Å². The molecule has 0 unspecified atom stereocenters. The first-order chi connectivity index (χ1) is 8.36. The maximum Gasteiger partial charge on any atom is 0.0682 e. The molecule has 1 aliphatic rings. The Morgan fingerprint density at radius 1 is 1.29 bits per heavy atom. The molecule has 0 spiro atoms. The molecule has 3 nitrogen and oxygen atoms in total. The van der Waals surface area contributed by atoms with Gasteiger partial charge < -0.3 is 5.11 Å². The zero-order chi connectivity index (χ0) is 11.7. The Morgan fingerprint density at radius 2 is 2.12 bits per heavy atom. The Labute approximate surface area is 101 Å². The number of benzene rings is 1. The second kappa shape index (κ2) is 4.49. The third-order valence-corrected chi connectivity index (χ3v) is 3.79. The lowest BCUT2D eigenvalue weighted by molar-refractivity contribution is 0.282. The van der Waals surface area contributed by atoms with Gasteiger partial charge in [0.1, 0.15) is 0 Å². The van der Waals surface area contributed by atoms with E-state index in [1.165, 1.54) is 31.2 Å². The molecule has 1 aromatic carbocycles. The van der Waals surface area contributed by atoms with Gasteiger partial charge in [-0.1, -0.05) is 18.9 Å². The van der Waals surface area contributed by atoms with Crippen molar-refractivity contribution in [3.05, 3.63) is 30.0 Å². The smallest absolute Gasteiger partial charge is 0.0682 e. The molecule has 90 valence electrons. The number of aliphatic hydroxyl groups excluding tert-OH is 1. The Morgan fingerprint density at radius 3 is 2.88 bits per heavy atom. The van der Waals surface area contributed by atoms with E-state index < -0.39 is 0 Å². The predicted octanol–water partition coefficient (Wildman–Crippen LogP) is 2.72. The number of aliphatic hydroxyl groups is 1. The molecule has 1 fully saturated rings. The van der Waals surface area contributed by atoms with Crippen LogP contribution in [0, 0.1) is 5.92 Å². The van der Waals surface area contributed by atoms with Crippen LogP contribution in [0.15, 0.2) is 24.4 Å². The predicted molar refractivity (Wildman–Crippen MR) is 67.6 cm³/mol. The third-order valence-electron chi connectivity index (χ3n) is 3.79. The molecule has 0 aliphatic heterocycles. The Kier molecular flexibility index (Phi) is 2.85. The van der Waals surface area contributed by atoms with Crippen LogP contribution in [0.4, 0.5) is 0 Å². The zero-order valence-electron chi connectivity index (χ0n) is 9.97. The van der Waals surface area contributed by atoms with Gasteiger partial charge in [0.15, 0.2) is 0 Å². The molecule has 0 bridgehead atoms. The first-order valence-electron chi connectivity index (χ1n) is 6.42. The molecule has 0 atom stereocenters. The maximum atomic E-state index is 9.11. The minimum Gasteiger partial charge on any atom is -0.392 e. The fourth-order valence-electron chi connectivity index (χ4n) is 2.82. The molecule has 2 aromatic rings. The van der Waals surface area contributed by atoms with E-state index in [0.29, 0.717) is 0 Å². The van der Waals surface area contributed by atoms with Crippen LogP contribution in [-0.2, 0) is 13.2 Å². The molecule has 3 heteroatoms. The SMILES string of the molecule is OCc1ccc2c(cnn2CC2CCCC2)c1. The summed E-state index contributed by atoms with van der Waals surface area (Å²) in [5, 5.41) is 14.7. The van der Waals surface area contributed by atoms with E-state index in [2.05, 4.69) is 15.8 Å².